The van der Waals surface area contributed by atoms with Gasteiger partial charge in [0.05, 0.1) is 35.1 Å². The number of fused-ring (bicyclic) bond motifs is 1. The summed E-state index contributed by atoms with van der Waals surface area (Å²) >= 11 is 1.22. The van der Waals surface area contributed by atoms with Gasteiger partial charge in [-0.1, -0.05) is 47.2 Å². The molecule has 1 aromatic heterocycles. The lowest BCUT2D eigenvalue weighted by Crippen LogP contribution is -2.39. The molecule has 0 radical (unpaired) electrons. The van der Waals surface area contributed by atoms with E-state index in [1.54, 1.807) is 45.0 Å². The summed E-state index contributed by atoms with van der Waals surface area (Å²) in [6.45, 7) is 7.31. The predicted octanol–water partition coefficient (Wildman–Crippen LogP) is 2.97. The van der Waals surface area contributed by atoms with E-state index in [4.69, 9.17) is 19.3 Å². The number of ether oxygens (including phenoxy) is 3. The Balaban J connectivity index is 1.85. The molecule has 4 rings (SSSR count). The zero-order valence-corrected chi connectivity index (χ0v) is 22.3. The normalized spacial score (nSPS) is 15.1. The highest BCUT2D eigenvalue weighted by atomic mass is 32.1. The molecule has 2 aromatic carbocycles. The topological polar surface area (TPSA) is 116 Å². The third-order valence-corrected chi connectivity index (χ3v) is 6.81. The summed E-state index contributed by atoms with van der Waals surface area (Å²) < 4.78 is 18.2. The Kier molecular flexibility index (Phi) is 8.11. The monoisotopic (exact) mass is 536 g/mol. The van der Waals surface area contributed by atoms with Crippen LogP contribution in [0.1, 0.15) is 43.5 Å². The Hall–Kier alpha value is -4.18. The Labute approximate surface area is 222 Å². The van der Waals surface area contributed by atoms with Gasteiger partial charge in [-0.25, -0.2) is 14.6 Å². The van der Waals surface area contributed by atoms with Crippen LogP contribution in [-0.2, 0) is 14.3 Å². The number of hydrogen-bond donors (Lipinski definition) is 1. The van der Waals surface area contributed by atoms with Crippen molar-refractivity contribution in [3.8, 4) is 11.5 Å². The minimum absolute atomic E-state index is 0.203. The number of benzene rings is 2. The summed E-state index contributed by atoms with van der Waals surface area (Å²) in [5.41, 5.74) is 3.03. The smallest absolute Gasteiger partial charge is 0.341 e. The summed E-state index contributed by atoms with van der Waals surface area (Å²) in [6.07, 6.45) is 1.71. The summed E-state index contributed by atoms with van der Waals surface area (Å²) in [7, 11) is 0. The molecule has 3 aromatic rings. The molecule has 0 amide bonds. The Morgan fingerprint density at radius 3 is 2.45 bits per heavy atom. The van der Waals surface area contributed by atoms with Gasteiger partial charge in [-0.3, -0.25) is 9.36 Å². The van der Waals surface area contributed by atoms with E-state index < -0.39 is 24.6 Å². The number of aryl methyl sites for hydroxylation is 1. The Morgan fingerprint density at radius 1 is 1.05 bits per heavy atom. The molecule has 0 bridgehead atoms. The molecule has 0 spiro atoms. The maximum Gasteiger partial charge on any atom is 0.341 e. The summed E-state index contributed by atoms with van der Waals surface area (Å²) in [5, 5.41) is 8.93. The van der Waals surface area contributed by atoms with Crippen LogP contribution in [0.2, 0.25) is 0 Å². The number of carbonyl (C=O) groups is 2. The second kappa shape index (κ2) is 11.5. The highest BCUT2D eigenvalue weighted by Gasteiger charge is 2.33. The van der Waals surface area contributed by atoms with Crippen LogP contribution in [-0.4, -0.2) is 41.4 Å². The number of aliphatic carboxylic acids is 1. The van der Waals surface area contributed by atoms with Gasteiger partial charge in [-0.2, -0.15) is 0 Å². The van der Waals surface area contributed by atoms with E-state index >= 15 is 0 Å². The van der Waals surface area contributed by atoms with Crippen molar-refractivity contribution in [3.05, 3.63) is 90.1 Å². The van der Waals surface area contributed by atoms with Crippen molar-refractivity contribution in [1.82, 2.24) is 4.57 Å². The standard InChI is InChI=1S/C28H28N2O7S/c1-5-35-21-13-18(9-12-20(21)37-15-23(31)32)14-22-26(33)30-25(19-10-7-16(3)8-11-19)24(27(34)36-6-2)17(4)29-28(30)38-22/h7-14,25H,5-6,15H2,1-4H3,(H,31,32)/b22-14+/t25-/m1/s1. The van der Waals surface area contributed by atoms with Crippen LogP contribution >= 0.6 is 11.3 Å². The van der Waals surface area contributed by atoms with Crippen LogP contribution in [0, 0.1) is 6.92 Å². The number of allylic oxidation sites excluding steroid dienone is 1. The second-order valence-electron chi connectivity index (χ2n) is 8.53. The van der Waals surface area contributed by atoms with E-state index in [1.807, 2.05) is 31.2 Å². The molecule has 0 fully saturated rings. The van der Waals surface area contributed by atoms with Gasteiger partial charge in [0.1, 0.15) is 0 Å². The molecule has 1 aliphatic rings. The quantitative estimate of drug-likeness (QED) is 0.418. The highest BCUT2D eigenvalue weighted by molar-refractivity contribution is 7.07. The third-order valence-electron chi connectivity index (χ3n) is 5.83. The number of carboxylic acid groups (broad SMARTS) is 1. The van der Waals surface area contributed by atoms with E-state index in [0.29, 0.717) is 44.3 Å². The third kappa shape index (κ3) is 5.55. The molecule has 1 aliphatic heterocycles. The first-order chi connectivity index (χ1) is 18.2. The first-order valence-corrected chi connectivity index (χ1v) is 12.9. The molecular weight excluding hydrogens is 508 g/mol. The van der Waals surface area contributed by atoms with Crippen molar-refractivity contribution < 1.29 is 28.9 Å². The molecular formula is C28H28N2O7S. The number of nitrogens with zero attached hydrogens (tertiary/aromatic N) is 2. The van der Waals surface area contributed by atoms with Crippen molar-refractivity contribution in [2.24, 2.45) is 4.99 Å². The van der Waals surface area contributed by atoms with Gasteiger partial charge >= 0.3 is 11.9 Å². The zero-order chi connectivity index (χ0) is 27.4. The molecule has 1 N–H and O–H groups in total. The van der Waals surface area contributed by atoms with E-state index in [9.17, 15) is 14.4 Å². The number of carboxylic acids is 1. The van der Waals surface area contributed by atoms with Gasteiger partial charge in [-0.05, 0) is 57.0 Å². The van der Waals surface area contributed by atoms with Gasteiger partial charge < -0.3 is 19.3 Å². The van der Waals surface area contributed by atoms with Crippen LogP contribution in [0.5, 0.6) is 11.5 Å². The highest BCUT2D eigenvalue weighted by Crippen LogP contribution is 2.31. The predicted molar refractivity (Wildman–Crippen MR) is 142 cm³/mol. The number of carbonyl (C=O) groups excluding carboxylic acids is 1. The van der Waals surface area contributed by atoms with Crippen LogP contribution in [0.15, 0.2) is 63.5 Å². The number of esters is 1. The maximum atomic E-state index is 13.7. The molecule has 0 saturated carbocycles. The van der Waals surface area contributed by atoms with Crippen LogP contribution in [0.4, 0.5) is 0 Å². The van der Waals surface area contributed by atoms with E-state index in [-0.39, 0.29) is 12.2 Å². The van der Waals surface area contributed by atoms with E-state index in [1.165, 1.54) is 15.9 Å². The lowest BCUT2D eigenvalue weighted by atomic mass is 9.95. The van der Waals surface area contributed by atoms with Crippen molar-refractivity contribution in [2.45, 2.75) is 33.7 Å². The first kappa shape index (κ1) is 26.9. The van der Waals surface area contributed by atoms with Gasteiger partial charge in [0, 0.05) is 0 Å². The Morgan fingerprint density at radius 2 is 1.79 bits per heavy atom. The second-order valence-corrected chi connectivity index (χ2v) is 9.54. The molecule has 10 heteroatoms. The molecule has 0 unspecified atom stereocenters. The van der Waals surface area contributed by atoms with Gasteiger partial charge in [0.15, 0.2) is 22.9 Å². The molecule has 0 aliphatic carbocycles. The van der Waals surface area contributed by atoms with Crippen molar-refractivity contribution in [3.63, 3.8) is 0 Å². The lowest BCUT2D eigenvalue weighted by Gasteiger charge is -2.24. The molecule has 2 heterocycles. The van der Waals surface area contributed by atoms with Gasteiger partial charge in [-0.15, -0.1) is 0 Å². The fourth-order valence-electron chi connectivity index (χ4n) is 4.15. The van der Waals surface area contributed by atoms with Gasteiger partial charge in [0.2, 0.25) is 0 Å². The minimum Gasteiger partial charge on any atom is -0.490 e. The van der Waals surface area contributed by atoms with Crippen molar-refractivity contribution in [1.29, 1.82) is 0 Å². The zero-order valence-electron chi connectivity index (χ0n) is 21.5. The van der Waals surface area contributed by atoms with E-state index in [2.05, 4.69) is 4.99 Å². The largest absolute Gasteiger partial charge is 0.490 e. The van der Waals surface area contributed by atoms with Crippen LogP contribution in [0.3, 0.4) is 0 Å². The number of hydrogen-bond acceptors (Lipinski definition) is 8. The van der Waals surface area contributed by atoms with E-state index in [0.717, 1.165) is 11.1 Å². The van der Waals surface area contributed by atoms with Crippen molar-refractivity contribution in [2.75, 3.05) is 19.8 Å². The maximum absolute atomic E-state index is 13.7. The van der Waals surface area contributed by atoms with Crippen LogP contribution < -0.4 is 24.4 Å². The number of rotatable bonds is 9. The minimum atomic E-state index is -1.10. The summed E-state index contributed by atoms with van der Waals surface area (Å²) in [6, 6.07) is 12.0. The number of thiazole rings is 1. The molecule has 38 heavy (non-hydrogen) atoms. The fourth-order valence-corrected chi connectivity index (χ4v) is 5.20. The van der Waals surface area contributed by atoms with Gasteiger partial charge in [0.25, 0.3) is 5.56 Å². The van der Waals surface area contributed by atoms with Crippen molar-refractivity contribution >= 4 is 29.4 Å². The average Bonchev–Trinajstić information content (AvgIpc) is 3.17. The SMILES string of the molecule is CCOC(=O)C1=C(C)N=c2s/c(=C/c3ccc(OCC(=O)O)c(OCC)c3)c(=O)n2[C@@H]1c1ccc(C)cc1. The molecule has 1 atom stereocenters. The summed E-state index contributed by atoms with van der Waals surface area (Å²) in [4.78, 5) is 42.7. The summed E-state index contributed by atoms with van der Waals surface area (Å²) in [5.74, 6) is -0.944. The molecule has 9 nitrogen and oxygen atoms in total. The first-order valence-electron chi connectivity index (χ1n) is 12.1. The Bertz CT molecular complexity index is 1580. The lowest BCUT2D eigenvalue weighted by molar-refractivity contribution is -0.140. The molecule has 198 valence electrons. The average molecular weight is 537 g/mol. The number of aromatic nitrogens is 1. The fraction of sp³-hybridized carbons (Fsp3) is 0.286. The van der Waals surface area contributed by atoms with Crippen LogP contribution in [0.25, 0.3) is 6.08 Å². The molecule has 0 saturated heterocycles.